The number of piperidine rings is 1. The van der Waals surface area contributed by atoms with E-state index in [9.17, 15) is 5.11 Å². The molecule has 2 heterocycles. The van der Waals surface area contributed by atoms with E-state index in [-0.39, 0.29) is 12.1 Å². The molecule has 1 aliphatic heterocycles. The lowest BCUT2D eigenvalue weighted by molar-refractivity contribution is 0.109. The molecule has 0 aliphatic carbocycles. The summed E-state index contributed by atoms with van der Waals surface area (Å²) in [6.07, 6.45) is 1.67. The highest BCUT2D eigenvalue weighted by Gasteiger charge is 2.25. The van der Waals surface area contributed by atoms with Gasteiger partial charge < -0.3 is 20.2 Å². The van der Waals surface area contributed by atoms with Gasteiger partial charge in [0.2, 0.25) is 5.89 Å². The van der Waals surface area contributed by atoms with Gasteiger partial charge in [0, 0.05) is 13.1 Å². The lowest BCUT2D eigenvalue weighted by Crippen LogP contribution is -2.37. The van der Waals surface area contributed by atoms with Gasteiger partial charge in [0.1, 0.15) is 0 Å². The van der Waals surface area contributed by atoms with Crippen LogP contribution in [0.1, 0.15) is 38.6 Å². The first-order valence-corrected chi connectivity index (χ1v) is 6.10. The summed E-state index contributed by atoms with van der Waals surface area (Å²) in [7, 11) is 0. The Bertz CT molecular complexity index is 356. The van der Waals surface area contributed by atoms with Gasteiger partial charge in [-0.05, 0) is 32.6 Å². The standard InChI is InChI=1S/C11H20N4O2/c1-7(12)10-13-14-11(17-10)15-5-3-9(4-6-15)8(2)16/h7-9,16H,3-6,12H2,1-2H3. The molecular formula is C11H20N4O2. The summed E-state index contributed by atoms with van der Waals surface area (Å²) in [5.74, 6) is 0.847. The van der Waals surface area contributed by atoms with Crippen LogP contribution in [-0.4, -0.2) is 34.5 Å². The van der Waals surface area contributed by atoms with E-state index >= 15 is 0 Å². The minimum absolute atomic E-state index is 0.230. The predicted octanol–water partition coefficient (Wildman–Crippen LogP) is 0.687. The van der Waals surface area contributed by atoms with Gasteiger partial charge >= 0.3 is 6.01 Å². The Kier molecular flexibility index (Phi) is 3.63. The lowest BCUT2D eigenvalue weighted by Gasteiger charge is -2.31. The van der Waals surface area contributed by atoms with Crippen LogP contribution in [0.2, 0.25) is 0 Å². The van der Waals surface area contributed by atoms with Crippen molar-refractivity contribution in [2.45, 2.75) is 38.8 Å². The molecule has 0 amide bonds. The number of hydrogen-bond acceptors (Lipinski definition) is 6. The van der Waals surface area contributed by atoms with E-state index < -0.39 is 0 Å². The molecule has 0 spiro atoms. The van der Waals surface area contributed by atoms with Gasteiger partial charge in [-0.2, -0.15) is 0 Å². The maximum absolute atomic E-state index is 9.52. The van der Waals surface area contributed by atoms with Crippen LogP contribution in [-0.2, 0) is 0 Å². The molecule has 2 rings (SSSR count). The summed E-state index contributed by atoms with van der Waals surface area (Å²) >= 11 is 0. The van der Waals surface area contributed by atoms with Crippen LogP contribution in [0.4, 0.5) is 6.01 Å². The van der Waals surface area contributed by atoms with Crippen molar-refractivity contribution in [2.24, 2.45) is 11.7 Å². The molecule has 0 radical (unpaired) electrons. The van der Waals surface area contributed by atoms with E-state index in [0.29, 0.717) is 17.8 Å². The SMILES string of the molecule is CC(N)c1nnc(N2CCC(C(C)O)CC2)o1. The zero-order valence-corrected chi connectivity index (χ0v) is 10.3. The molecule has 0 aromatic carbocycles. The number of aromatic nitrogens is 2. The molecule has 1 aliphatic rings. The normalized spacial score (nSPS) is 21.5. The molecule has 6 nitrogen and oxygen atoms in total. The third kappa shape index (κ3) is 2.76. The van der Waals surface area contributed by atoms with E-state index in [4.69, 9.17) is 10.2 Å². The molecule has 6 heteroatoms. The number of aliphatic hydroxyl groups is 1. The Morgan fingerprint density at radius 1 is 1.35 bits per heavy atom. The number of nitrogens with zero attached hydrogens (tertiary/aromatic N) is 3. The molecule has 0 bridgehead atoms. The lowest BCUT2D eigenvalue weighted by atomic mass is 9.92. The maximum atomic E-state index is 9.52. The second-order valence-electron chi connectivity index (χ2n) is 4.78. The summed E-state index contributed by atoms with van der Waals surface area (Å²) in [5, 5.41) is 17.4. The zero-order chi connectivity index (χ0) is 12.4. The molecule has 3 N–H and O–H groups in total. The number of aliphatic hydroxyl groups excluding tert-OH is 1. The van der Waals surface area contributed by atoms with Crippen LogP contribution in [0.15, 0.2) is 4.42 Å². The Balaban J connectivity index is 1.96. The zero-order valence-electron chi connectivity index (χ0n) is 10.3. The maximum Gasteiger partial charge on any atom is 0.318 e. The van der Waals surface area contributed by atoms with Gasteiger partial charge in [-0.1, -0.05) is 5.10 Å². The Morgan fingerprint density at radius 2 is 2.00 bits per heavy atom. The molecule has 0 saturated carbocycles. The Morgan fingerprint density at radius 3 is 2.47 bits per heavy atom. The second-order valence-corrected chi connectivity index (χ2v) is 4.78. The fourth-order valence-corrected chi connectivity index (χ4v) is 2.11. The molecule has 2 unspecified atom stereocenters. The molecule has 1 fully saturated rings. The van der Waals surface area contributed by atoms with Crippen molar-refractivity contribution in [3.8, 4) is 0 Å². The first kappa shape index (κ1) is 12.3. The number of nitrogens with two attached hydrogens (primary N) is 1. The summed E-state index contributed by atoms with van der Waals surface area (Å²) in [6, 6.07) is 0.313. The fraction of sp³-hybridized carbons (Fsp3) is 0.818. The van der Waals surface area contributed by atoms with Gasteiger partial charge in [-0.25, -0.2) is 0 Å². The van der Waals surface area contributed by atoms with Gasteiger partial charge in [-0.15, -0.1) is 5.10 Å². The van der Waals surface area contributed by atoms with Crippen LogP contribution in [0, 0.1) is 5.92 Å². The van der Waals surface area contributed by atoms with Gasteiger partial charge in [0.15, 0.2) is 0 Å². The van der Waals surface area contributed by atoms with Crippen molar-refractivity contribution in [2.75, 3.05) is 18.0 Å². The van der Waals surface area contributed by atoms with Gasteiger partial charge in [0.05, 0.1) is 12.1 Å². The van der Waals surface area contributed by atoms with E-state index in [1.807, 2.05) is 13.8 Å². The van der Waals surface area contributed by atoms with Crippen LogP contribution < -0.4 is 10.6 Å². The highest BCUT2D eigenvalue weighted by atomic mass is 16.4. The third-order valence-corrected chi connectivity index (χ3v) is 3.31. The van der Waals surface area contributed by atoms with Crippen molar-refractivity contribution in [1.82, 2.24) is 10.2 Å². The molecule has 17 heavy (non-hydrogen) atoms. The topological polar surface area (TPSA) is 88.4 Å². The fourth-order valence-electron chi connectivity index (χ4n) is 2.11. The van der Waals surface area contributed by atoms with Crippen molar-refractivity contribution >= 4 is 6.01 Å². The van der Waals surface area contributed by atoms with E-state index in [0.717, 1.165) is 25.9 Å². The highest BCUT2D eigenvalue weighted by molar-refractivity contribution is 5.25. The van der Waals surface area contributed by atoms with E-state index in [1.54, 1.807) is 0 Å². The quantitative estimate of drug-likeness (QED) is 0.808. The predicted molar refractivity (Wildman–Crippen MR) is 63.5 cm³/mol. The minimum atomic E-state index is -0.237. The van der Waals surface area contributed by atoms with E-state index in [1.165, 1.54) is 0 Å². The first-order valence-electron chi connectivity index (χ1n) is 6.10. The Hall–Kier alpha value is -1.14. The van der Waals surface area contributed by atoms with Crippen molar-refractivity contribution < 1.29 is 9.52 Å². The second kappa shape index (κ2) is 5.01. The monoisotopic (exact) mass is 240 g/mol. The number of anilines is 1. The molecule has 96 valence electrons. The van der Waals surface area contributed by atoms with Crippen molar-refractivity contribution in [3.63, 3.8) is 0 Å². The molecular weight excluding hydrogens is 220 g/mol. The average molecular weight is 240 g/mol. The van der Waals surface area contributed by atoms with E-state index in [2.05, 4.69) is 15.1 Å². The molecule has 1 aromatic heterocycles. The van der Waals surface area contributed by atoms with Crippen LogP contribution in [0.3, 0.4) is 0 Å². The van der Waals surface area contributed by atoms with Crippen LogP contribution in [0.5, 0.6) is 0 Å². The van der Waals surface area contributed by atoms with Crippen molar-refractivity contribution in [1.29, 1.82) is 0 Å². The smallest absolute Gasteiger partial charge is 0.318 e. The third-order valence-electron chi connectivity index (χ3n) is 3.31. The Labute approximate surface area is 101 Å². The van der Waals surface area contributed by atoms with Crippen LogP contribution >= 0.6 is 0 Å². The summed E-state index contributed by atoms with van der Waals surface area (Å²) < 4.78 is 5.50. The summed E-state index contributed by atoms with van der Waals surface area (Å²) in [6.45, 7) is 5.35. The van der Waals surface area contributed by atoms with Gasteiger partial charge in [0.25, 0.3) is 0 Å². The summed E-state index contributed by atoms with van der Waals surface area (Å²) in [5.41, 5.74) is 5.67. The van der Waals surface area contributed by atoms with Crippen molar-refractivity contribution in [3.05, 3.63) is 5.89 Å². The molecule has 1 saturated heterocycles. The van der Waals surface area contributed by atoms with Gasteiger partial charge in [-0.3, -0.25) is 0 Å². The minimum Gasteiger partial charge on any atom is -0.406 e. The molecule has 2 atom stereocenters. The first-order chi connectivity index (χ1) is 8.08. The van der Waals surface area contributed by atoms with Crippen LogP contribution in [0.25, 0.3) is 0 Å². The number of hydrogen-bond donors (Lipinski definition) is 2. The number of rotatable bonds is 3. The average Bonchev–Trinajstić information content (AvgIpc) is 2.78. The summed E-state index contributed by atoms with van der Waals surface area (Å²) in [4.78, 5) is 2.05. The molecule has 1 aromatic rings. The highest BCUT2D eigenvalue weighted by Crippen LogP contribution is 2.25. The largest absolute Gasteiger partial charge is 0.406 e.